The Kier molecular flexibility index (Phi) is 4.27. The molecule has 1 N–H and O–H groups in total. The van der Waals surface area contributed by atoms with Crippen molar-refractivity contribution in [2.45, 2.75) is 6.54 Å². The first-order chi connectivity index (χ1) is 10.6. The Labute approximate surface area is 138 Å². The van der Waals surface area contributed by atoms with E-state index in [-0.39, 0.29) is 11.7 Å². The second-order valence-corrected chi connectivity index (χ2v) is 6.49. The van der Waals surface area contributed by atoms with Crippen molar-refractivity contribution in [1.29, 1.82) is 0 Å². The fourth-order valence-electron chi connectivity index (χ4n) is 2.15. The van der Waals surface area contributed by atoms with Crippen LogP contribution in [-0.4, -0.2) is 20.2 Å². The van der Waals surface area contributed by atoms with E-state index in [0.717, 1.165) is 5.56 Å². The predicted octanol–water partition coefficient (Wildman–Crippen LogP) is 3.79. The van der Waals surface area contributed by atoms with E-state index in [1.807, 2.05) is 36.4 Å². The zero-order valence-electron chi connectivity index (χ0n) is 11.6. The molecule has 0 aliphatic carbocycles. The number of thioether (sulfide) groups is 1. The molecule has 110 valence electrons. The van der Waals surface area contributed by atoms with Crippen LogP contribution in [0.2, 0.25) is 0 Å². The number of phenols is 1. The van der Waals surface area contributed by atoms with Crippen molar-refractivity contribution in [3.63, 3.8) is 0 Å². The molecule has 1 aliphatic heterocycles. The Hall–Kier alpha value is -2.11. The fourth-order valence-corrected chi connectivity index (χ4v) is 3.40. The summed E-state index contributed by atoms with van der Waals surface area (Å²) in [5.41, 5.74) is 1.64. The summed E-state index contributed by atoms with van der Waals surface area (Å²) < 4.78 is 0.538. The summed E-state index contributed by atoms with van der Waals surface area (Å²) in [6.45, 7) is 0.462. The molecule has 1 heterocycles. The first kappa shape index (κ1) is 14.8. The number of hydrogen-bond donors (Lipinski definition) is 1. The van der Waals surface area contributed by atoms with Crippen LogP contribution in [0.5, 0.6) is 5.75 Å². The maximum atomic E-state index is 12.5. The molecule has 2 aromatic rings. The van der Waals surface area contributed by atoms with Crippen molar-refractivity contribution >= 4 is 40.3 Å². The minimum absolute atomic E-state index is 0.123. The van der Waals surface area contributed by atoms with Gasteiger partial charge in [0.15, 0.2) is 0 Å². The fraction of sp³-hybridized carbons (Fsp3) is 0.0588. The maximum Gasteiger partial charge on any atom is 0.266 e. The monoisotopic (exact) mass is 327 g/mol. The smallest absolute Gasteiger partial charge is 0.266 e. The number of thiocarbonyl (C=S) groups is 1. The lowest BCUT2D eigenvalue weighted by Gasteiger charge is -2.14. The van der Waals surface area contributed by atoms with E-state index in [9.17, 15) is 9.90 Å². The van der Waals surface area contributed by atoms with Gasteiger partial charge in [-0.05, 0) is 17.7 Å². The van der Waals surface area contributed by atoms with Crippen LogP contribution in [0.15, 0.2) is 59.5 Å². The number of carbonyl (C=O) groups is 1. The molecular formula is C17H13NO2S2. The molecule has 0 unspecified atom stereocenters. The second kappa shape index (κ2) is 6.34. The van der Waals surface area contributed by atoms with Crippen LogP contribution in [0.1, 0.15) is 11.1 Å². The number of para-hydroxylation sites is 1. The van der Waals surface area contributed by atoms with Crippen LogP contribution < -0.4 is 0 Å². The Bertz CT molecular complexity index is 756. The summed E-state index contributed by atoms with van der Waals surface area (Å²) in [4.78, 5) is 14.6. The molecule has 3 nitrogen and oxygen atoms in total. The van der Waals surface area contributed by atoms with Crippen molar-refractivity contribution < 1.29 is 9.90 Å². The molecule has 0 radical (unpaired) electrons. The number of amides is 1. The average Bonchev–Trinajstić information content (AvgIpc) is 2.78. The highest BCUT2D eigenvalue weighted by molar-refractivity contribution is 8.26. The van der Waals surface area contributed by atoms with Gasteiger partial charge in [0.1, 0.15) is 10.1 Å². The van der Waals surface area contributed by atoms with Crippen LogP contribution in [0.4, 0.5) is 0 Å². The number of benzene rings is 2. The highest BCUT2D eigenvalue weighted by Crippen LogP contribution is 2.34. The van der Waals surface area contributed by atoms with Crippen molar-refractivity contribution in [2.75, 3.05) is 0 Å². The highest BCUT2D eigenvalue weighted by Gasteiger charge is 2.32. The third-order valence-electron chi connectivity index (χ3n) is 3.28. The topological polar surface area (TPSA) is 40.5 Å². The molecule has 22 heavy (non-hydrogen) atoms. The average molecular weight is 327 g/mol. The Balaban J connectivity index is 1.84. The van der Waals surface area contributed by atoms with Gasteiger partial charge in [-0.2, -0.15) is 0 Å². The van der Waals surface area contributed by atoms with Gasteiger partial charge in [0.2, 0.25) is 0 Å². The van der Waals surface area contributed by atoms with Gasteiger partial charge in [-0.25, -0.2) is 0 Å². The van der Waals surface area contributed by atoms with E-state index in [0.29, 0.717) is 21.3 Å². The third kappa shape index (κ3) is 3.05. The normalized spacial score (nSPS) is 16.5. The van der Waals surface area contributed by atoms with Crippen molar-refractivity contribution in [2.24, 2.45) is 0 Å². The standard InChI is InChI=1S/C17H13NO2S2/c19-14-9-5-4-8-13(14)10-15-16(20)18(17(21)22-15)11-12-6-2-1-3-7-12/h1-10,19H,11H2. The summed E-state index contributed by atoms with van der Waals surface area (Å²) in [5.74, 6) is 0.0259. The summed E-state index contributed by atoms with van der Waals surface area (Å²) in [6, 6.07) is 16.7. The molecule has 0 bridgehead atoms. The first-order valence-electron chi connectivity index (χ1n) is 6.72. The zero-order chi connectivity index (χ0) is 15.5. The number of carbonyl (C=O) groups excluding carboxylic acids is 1. The van der Waals surface area contributed by atoms with Crippen molar-refractivity contribution in [3.8, 4) is 5.75 Å². The molecule has 1 saturated heterocycles. The van der Waals surface area contributed by atoms with Crippen LogP contribution in [-0.2, 0) is 11.3 Å². The molecule has 3 rings (SSSR count). The lowest BCUT2D eigenvalue weighted by Crippen LogP contribution is -2.27. The lowest BCUT2D eigenvalue weighted by atomic mass is 10.2. The minimum Gasteiger partial charge on any atom is -0.507 e. The van der Waals surface area contributed by atoms with E-state index < -0.39 is 0 Å². The van der Waals surface area contributed by atoms with Gasteiger partial charge >= 0.3 is 0 Å². The molecule has 1 aliphatic rings. The molecule has 1 fully saturated rings. The molecule has 0 spiro atoms. The van der Waals surface area contributed by atoms with Crippen LogP contribution in [0, 0.1) is 0 Å². The van der Waals surface area contributed by atoms with E-state index >= 15 is 0 Å². The number of nitrogens with zero attached hydrogens (tertiary/aromatic N) is 1. The van der Waals surface area contributed by atoms with E-state index in [1.165, 1.54) is 11.8 Å². The number of phenolic OH excluding ortho intramolecular Hbond substituents is 1. The Morgan fingerprint density at radius 1 is 1.09 bits per heavy atom. The summed E-state index contributed by atoms with van der Waals surface area (Å²) in [5, 5.41) is 9.81. The van der Waals surface area contributed by atoms with Crippen LogP contribution in [0.3, 0.4) is 0 Å². The minimum atomic E-state index is -0.123. The summed E-state index contributed by atoms with van der Waals surface area (Å²) in [7, 11) is 0. The molecule has 0 atom stereocenters. The molecular weight excluding hydrogens is 314 g/mol. The second-order valence-electron chi connectivity index (χ2n) is 4.81. The van der Waals surface area contributed by atoms with Gasteiger partial charge in [0.05, 0.1) is 11.4 Å². The first-order valence-corrected chi connectivity index (χ1v) is 7.95. The Morgan fingerprint density at radius 3 is 2.50 bits per heavy atom. The van der Waals surface area contributed by atoms with Gasteiger partial charge < -0.3 is 5.11 Å². The van der Waals surface area contributed by atoms with Gasteiger partial charge in [-0.3, -0.25) is 9.69 Å². The quantitative estimate of drug-likeness (QED) is 0.688. The predicted molar refractivity (Wildman–Crippen MR) is 93.3 cm³/mol. The van der Waals surface area contributed by atoms with E-state index in [4.69, 9.17) is 12.2 Å². The molecule has 0 saturated carbocycles. The van der Waals surface area contributed by atoms with Crippen LogP contribution in [0.25, 0.3) is 6.08 Å². The van der Waals surface area contributed by atoms with Gasteiger partial charge in [-0.1, -0.05) is 72.5 Å². The third-order valence-corrected chi connectivity index (χ3v) is 4.66. The largest absolute Gasteiger partial charge is 0.507 e. The molecule has 5 heteroatoms. The molecule has 0 aromatic heterocycles. The molecule has 2 aromatic carbocycles. The number of hydrogen-bond acceptors (Lipinski definition) is 4. The SMILES string of the molecule is O=C1C(=Cc2ccccc2O)SC(=S)N1Cc1ccccc1. The van der Waals surface area contributed by atoms with Crippen molar-refractivity contribution in [3.05, 3.63) is 70.6 Å². The molecule has 1 amide bonds. The lowest BCUT2D eigenvalue weighted by molar-refractivity contribution is -0.122. The van der Waals surface area contributed by atoms with Gasteiger partial charge in [0.25, 0.3) is 5.91 Å². The summed E-state index contributed by atoms with van der Waals surface area (Å²) in [6.07, 6.45) is 1.68. The maximum absolute atomic E-state index is 12.5. The van der Waals surface area contributed by atoms with Gasteiger partial charge in [0, 0.05) is 5.56 Å². The van der Waals surface area contributed by atoms with Crippen LogP contribution >= 0.6 is 24.0 Å². The van der Waals surface area contributed by atoms with E-state index in [2.05, 4.69) is 0 Å². The zero-order valence-corrected chi connectivity index (χ0v) is 13.2. The summed E-state index contributed by atoms with van der Waals surface area (Å²) >= 11 is 6.57. The number of aromatic hydroxyl groups is 1. The highest BCUT2D eigenvalue weighted by atomic mass is 32.2. The Morgan fingerprint density at radius 2 is 1.77 bits per heavy atom. The van der Waals surface area contributed by atoms with E-state index in [1.54, 1.807) is 29.2 Å². The van der Waals surface area contributed by atoms with Crippen molar-refractivity contribution in [1.82, 2.24) is 4.90 Å². The van der Waals surface area contributed by atoms with Gasteiger partial charge in [-0.15, -0.1) is 0 Å². The number of rotatable bonds is 3.